The molecule has 0 radical (unpaired) electrons. The number of carbonyl (C=O) groups excluding carboxylic acids is 2. The highest BCUT2D eigenvalue weighted by atomic mass is 35.5. The maximum atomic E-state index is 13.1. The van der Waals surface area contributed by atoms with Crippen LogP contribution in [0.1, 0.15) is 28.0 Å². The van der Waals surface area contributed by atoms with Gasteiger partial charge in [0.25, 0.3) is 5.91 Å². The monoisotopic (exact) mass is 525 g/mol. The summed E-state index contributed by atoms with van der Waals surface area (Å²) in [5.41, 5.74) is 3.12. The molecule has 1 aliphatic heterocycles. The molecular formula is C26H19ClF3N5O2. The van der Waals surface area contributed by atoms with Crippen LogP contribution in [-0.2, 0) is 6.18 Å². The number of nitrogens with one attached hydrogen (secondary N) is 3. The van der Waals surface area contributed by atoms with Gasteiger partial charge in [-0.1, -0.05) is 23.7 Å². The average Bonchev–Trinajstić information content (AvgIpc) is 3.72. The van der Waals surface area contributed by atoms with E-state index in [-0.39, 0.29) is 11.6 Å². The van der Waals surface area contributed by atoms with Crippen molar-refractivity contribution >= 4 is 45.8 Å². The number of benzene rings is 3. The molecule has 2 unspecified atom stereocenters. The lowest BCUT2D eigenvalue weighted by molar-refractivity contribution is -0.137. The number of halogens is 4. The maximum Gasteiger partial charge on any atom is 0.417 e. The molecule has 1 saturated carbocycles. The molecule has 11 heteroatoms. The van der Waals surface area contributed by atoms with E-state index >= 15 is 0 Å². The van der Waals surface area contributed by atoms with E-state index in [0.717, 1.165) is 46.1 Å². The number of hydrogen-bond donors (Lipinski definition) is 3. The number of aromatic amines is 1. The van der Waals surface area contributed by atoms with E-state index in [1.54, 1.807) is 12.1 Å². The molecule has 7 nitrogen and oxygen atoms in total. The summed E-state index contributed by atoms with van der Waals surface area (Å²) in [5, 5.41) is 12.5. The van der Waals surface area contributed by atoms with Crippen molar-refractivity contribution in [2.24, 2.45) is 0 Å². The largest absolute Gasteiger partial charge is 0.417 e. The van der Waals surface area contributed by atoms with E-state index in [2.05, 4.69) is 20.8 Å². The Labute approximate surface area is 213 Å². The minimum Gasteiger partial charge on any atom is -0.327 e. The van der Waals surface area contributed by atoms with Crippen molar-refractivity contribution in [2.75, 3.05) is 10.6 Å². The number of aryl methyl sites for hydroxylation is 1. The lowest BCUT2D eigenvalue weighted by Crippen LogP contribution is -2.20. The molecule has 1 aromatic heterocycles. The molecule has 3 aromatic carbocycles. The molecule has 3 amide bonds. The number of amides is 3. The molecule has 0 spiro atoms. The van der Waals surface area contributed by atoms with Gasteiger partial charge in [0.2, 0.25) is 0 Å². The van der Waals surface area contributed by atoms with Gasteiger partial charge in [0.15, 0.2) is 5.69 Å². The van der Waals surface area contributed by atoms with Gasteiger partial charge < -0.3 is 15.5 Å². The summed E-state index contributed by atoms with van der Waals surface area (Å²) >= 11 is 5.64. The van der Waals surface area contributed by atoms with Crippen LogP contribution in [0.15, 0.2) is 54.6 Å². The molecule has 4 aromatic rings. The lowest BCUT2D eigenvalue weighted by atomic mass is 9.98. The normalized spacial score (nSPS) is 17.9. The Bertz CT molecular complexity index is 1590. The smallest absolute Gasteiger partial charge is 0.327 e. The number of nitrogens with zero attached hydrogens (tertiary/aromatic N) is 2. The predicted octanol–water partition coefficient (Wildman–Crippen LogP) is 6.45. The third-order valence-corrected chi connectivity index (χ3v) is 7.01. The number of fused-ring (bicyclic) bond motifs is 2. The molecule has 1 aliphatic carbocycles. The molecule has 3 N–H and O–H groups in total. The second-order valence-corrected chi connectivity index (χ2v) is 9.62. The summed E-state index contributed by atoms with van der Waals surface area (Å²) in [6.07, 6.45) is -3.56. The molecule has 2 atom stereocenters. The second kappa shape index (κ2) is 8.24. The molecule has 2 aliphatic rings. The van der Waals surface area contributed by atoms with Crippen molar-refractivity contribution in [3.05, 3.63) is 76.4 Å². The van der Waals surface area contributed by atoms with Crippen LogP contribution in [0.3, 0.4) is 0 Å². The van der Waals surface area contributed by atoms with Crippen molar-refractivity contribution in [2.45, 2.75) is 31.6 Å². The Morgan fingerprint density at radius 2 is 1.73 bits per heavy atom. The van der Waals surface area contributed by atoms with Crippen molar-refractivity contribution in [1.82, 2.24) is 15.1 Å². The Morgan fingerprint density at radius 1 is 1.03 bits per heavy atom. The highest BCUT2D eigenvalue weighted by molar-refractivity contribution is 6.31. The van der Waals surface area contributed by atoms with Crippen LogP contribution >= 0.6 is 11.6 Å². The number of hydrogen-bond acceptors (Lipinski definition) is 3. The van der Waals surface area contributed by atoms with Crippen LogP contribution in [0, 0.1) is 6.92 Å². The molecule has 1 saturated heterocycles. The van der Waals surface area contributed by atoms with Gasteiger partial charge in [-0.05, 0) is 72.5 Å². The summed E-state index contributed by atoms with van der Waals surface area (Å²) in [7, 11) is 0. The van der Waals surface area contributed by atoms with Crippen molar-refractivity contribution in [3.63, 3.8) is 0 Å². The van der Waals surface area contributed by atoms with Crippen LogP contribution in [0.2, 0.25) is 5.02 Å². The summed E-state index contributed by atoms with van der Waals surface area (Å²) < 4.78 is 39.3. The zero-order chi connectivity index (χ0) is 26.1. The van der Waals surface area contributed by atoms with E-state index in [1.165, 1.54) is 6.07 Å². The maximum absolute atomic E-state index is 13.1. The van der Waals surface area contributed by atoms with Gasteiger partial charge in [-0.3, -0.25) is 9.89 Å². The van der Waals surface area contributed by atoms with E-state index in [9.17, 15) is 22.8 Å². The first kappa shape index (κ1) is 23.4. The number of aromatic nitrogens is 2. The Balaban J connectivity index is 1.21. The first-order valence-electron chi connectivity index (χ1n) is 11.5. The zero-order valence-electron chi connectivity index (χ0n) is 19.3. The molecule has 2 heterocycles. The van der Waals surface area contributed by atoms with Crippen LogP contribution in [0.4, 0.5) is 29.3 Å². The third kappa shape index (κ3) is 4.27. The predicted molar refractivity (Wildman–Crippen MR) is 134 cm³/mol. The van der Waals surface area contributed by atoms with Crippen molar-refractivity contribution < 1.29 is 22.8 Å². The Kier molecular flexibility index (Phi) is 5.20. The number of urea groups is 1. The fourth-order valence-corrected chi connectivity index (χ4v) is 4.72. The topological polar surface area (TPSA) is 89.9 Å². The Morgan fingerprint density at radius 3 is 2.41 bits per heavy atom. The second-order valence-electron chi connectivity index (χ2n) is 9.22. The van der Waals surface area contributed by atoms with Gasteiger partial charge in [0.05, 0.1) is 28.2 Å². The zero-order valence-corrected chi connectivity index (χ0v) is 20.0. The van der Waals surface area contributed by atoms with E-state index in [4.69, 9.17) is 11.6 Å². The van der Waals surface area contributed by atoms with Gasteiger partial charge in [-0.15, -0.1) is 0 Å². The number of anilines is 2. The quantitative estimate of drug-likeness (QED) is 0.267. The lowest BCUT2D eigenvalue weighted by Gasteiger charge is -2.13. The number of likely N-dealkylation sites (tertiary alicyclic amines) is 1. The highest BCUT2D eigenvalue weighted by Gasteiger charge is 2.65. The standard InChI is InChI=1S/C26H19ClF3N5O2/c1-12-2-4-14(31-25(37)32-15-5-7-19(27)18(10-15)26(28,29)30)9-17(12)13-3-6-16-20(8-13)33-34-23(16)24(36)35-21-11-22(21)35/h2-10,21-22H,11H2,1H3,(H,33,34)(H2,31,32,37). The van der Waals surface area contributed by atoms with Crippen LogP contribution in [0.5, 0.6) is 0 Å². The number of H-pyrrole nitrogens is 1. The fourth-order valence-electron chi connectivity index (χ4n) is 4.49. The van der Waals surface area contributed by atoms with Crippen LogP contribution < -0.4 is 10.6 Å². The minimum absolute atomic E-state index is 0.0450. The molecule has 6 rings (SSSR count). The fraction of sp³-hybridized carbons (Fsp3) is 0.192. The van der Waals surface area contributed by atoms with Gasteiger partial charge in [-0.25, -0.2) is 4.79 Å². The number of rotatable bonds is 4. The minimum atomic E-state index is -4.64. The first-order chi connectivity index (χ1) is 17.6. The molecule has 188 valence electrons. The highest BCUT2D eigenvalue weighted by Crippen LogP contribution is 2.51. The van der Waals surface area contributed by atoms with Gasteiger partial charge in [-0.2, -0.15) is 18.3 Å². The van der Waals surface area contributed by atoms with Gasteiger partial charge in [0.1, 0.15) is 0 Å². The van der Waals surface area contributed by atoms with Gasteiger partial charge >= 0.3 is 12.2 Å². The SMILES string of the molecule is Cc1ccc(NC(=O)Nc2ccc(Cl)c(C(F)(F)F)c2)cc1-c1ccc2c(C(=O)N3C4CC43)n[nH]c2c1. The molecule has 37 heavy (non-hydrogen) atoms. The van der Waals surface area contributed by atoms with Gasteiger partial charge in [0, 0.05) is 16.8 Å². The van der Waals surface area contributed by atoms with Crippen molar-refractivity contribution in [3.8, 4) is 11.1 Å². The summed E-state index contributed by atoms with van der Waals surface area (Å²) in [4.78, 5) is 27.0. The van der Waals surface area contributed by atoms with E-state index < -0.39 is 22.8 Å². The van der Waals surface area contributed by atoms with Crippen molar-refractivity contribution in [1.29, 1.82) is 0 Å². The number of alkyl halides is 3. The first-order valence-corrected chi connectivity index (χ1v) is 11.8. The average molecular weight is 526 g/mol. The molecule has 2 fully saturated rings. The van der Waals surface area contributed by atoms with Crippen LogP contribution in [-0.4, -0.2) is 39.1 Å². The Hall–Kier alpha value is -4.05. The third-order valence-electron chi connectivity index (χ3n) is 6.68. The molecular weight excluding hydrogens is 507 g/mol. The molecule has 0 bridgehead atoms. The summed E-state index contributed by atoms with van der Waals surface area (Å²) in [5.74, 6) is -0.0586. The summed E-state index contributed by atoms with van der Waals surface area (Å²) in [6.45, 7) is 1.92. The number of carbonyl (C=O) groups is 2. The summed E-state index contributed by atoms with van der Waals surface area (Å²) in [6, 6.07) is 14.1. The van der Waals surface area contributed by atoms with E-state index in [1.807, 2.05) is 36.1 Å². The van der Waals surface area contributed by atoms with E-state index in [0.29, 0.717) is 23.5 Å². The van der Waals surface area contributed by atoms with Crippen LogP contribution in [0.25, 0.3) is 22.0 Å².